The Morgan fingerprint density at radius 1 is 1.44 bits per heavy atom. The Hall–Kier alpha value is -1.39. The highest BCUT2D eigenvalue weighted by molar-refractivity contribution is 5.80. The van der Waals surface area contributed by atoms with E-state index < -0.39 is 5.54 Å². The van der Waals surface area contributed by atoms with Gasteiger partial charge in [-0.2, -0.15) is 0 Å². The summed E-state index contributed by atoms with van der Waals surface area (Å²) in [7, 11) is 1.41. The number of methoxy groups -OCH3 is 1. The highest BCUT2D eigenvalue weighted by Gasteiger charge is 2.42. The standard InChI is InChI=1S/C14H19NO3/c1-14(13(16)17-2)8-12(9-15-14)18-10-11-6-4-3-5-7-11/h3-7,12,15H,8-10H2,1-2H3/t12-,14-/m1/s1. The molecule has 4 nitrogen and oxygen atoms in total. The molecule has 0 radical (unpaired) electrons. The second-order valence-electron chi connectivity index (χ2n) is 4.83. The van der Waals surface area contributed by atoms with Crippen LogP contribution in [0.4, 0.5) is 0 Å². The van der Waals surface area contributed by atoms with Crippen molar-refractivity contribution in [3.63, 3.8) is 0 Å². The van der Waals surface area contributed by atoms with E-state index in [0.717, 1.165) is 5.56 Å². The summed E-state index contributed by atoms with van der Waals surface area (Å²) < 4.78 is 10.6. The molecule has 0 bridgehead atoms. The van der Waals surface area contributed by atoms with Gasteiger partial charge >= 0.3 is 5.97 Å². The fourth-order valence-corrected chi connectivity index (χ4v) is 2.23. The number of carbonyl (C=O) groups is 1. The summed E-state index contributed by atoms with van der Waals surface area (Å²) in [5, 5.41) is 3.17. The lowest BCUT2D eigenvalue weighted by Gasteiger charge is -2.20. The molecule has 1 N–H and O–H groups in total. The average Bonchev–Trinajstić information content (AvgIpc) is 2.80. The third-order valence-electron chi connectivity index (χ3n) is 3.32. The molecular formula is C14H19NO3. The minimum atomic E-state index is -0.615. The smallest absolute Gasteiger partial charge is 0.325 e. The molecule has 0 saturated carbocycles. The largest absolute Gasteiger partial charge is 0.468 e. The molecule has 98 valence electrons. The minimum Gasteiger partial charge on any atom is -0.468 e. The lowest BCUT2D eigenvalue weighted by atomic mass is 10.00. The molecule has 1 heterocycles. The van der Waals surface area contributed by atoms with E-state index in [1.807, 2.05) is 37.3 Å². The van der Waals surface area contributed by atoms with Crippen LogP contribution in [0.5, 0.6) is 0 Å². The van der Waals surface area contributed by atoms with E-state index in [9.17, 15) is 4.79 Å². The molecule has 0 spiro atoms. The minimum absolute atomic E-state index is 0.0503. The van der Waals surface area contributed by atoms with Crippen LogP contribution in [0.1, 0.15) is 18.9 Å². The van der Waals surface area contributed by atoms with Gasteiger partial charge in [-0.15, -0.1) is 0 Å². The maximum absolute atomic E-state index is 11.6. The fourth-order valence-electron chi connectivity index (χ4n) is 2.23. The zero-order valence-electron chi connectivity index (χ0n) is 10.8. The number of hydrogen-bond acceptors (Lipinski definition) is 4. The molecule has 18 heavy (non-hydrogen) atoms. The van der Waals surface area contributed by atoms with Crippen molar-refractivity contribution in [1.29, 1.82) is 0 Å². The third-order valence-corrected chi connectivity index (χ3v) is 3.32. The Balaban J connectivity index is 1.85. The predicted molar refractivity (Wildman–Crippen MR) is 68.1 cm³/mol. The zero-order valence-corrected chi connectivity index (χ0v) is 10.8. The second kappa shape index (κ2) is 5.50. The second-order valence-corrected chi connectivity index (χ2v) is 4.83. The molecule has 1 aliphatic rings. The number of carbonyl (C=O) groups excluding carboxylic acids is 1. The topological polar surface area (TPSA) is 47.6 Å². The molecule has 4 heteroatoms. The first kappa shape index (κ1) is 13.1. The molecule has 1 fully saturated rings. The average molecular weight is 249 g/mol. The Labute approximate surface area is 107 Å². The van der Waals surface area contributed by atoms with E-state index in [2.05, 4.69) is 5.32 Å². The summed E-state index contributed by atoms with van der Waals surface area (Å²) in [4.78, 5) is 11.6. The SMILES string of the molecule is COC(=O)[C@@]1(C)C[C@@H](OCc2ccccc2)CN1. The van der Waals surface area contributed by atoms with Crippen LogP contribution in [0, 0.1) is 0 Å². The van der Waals surface area contributed by atoms with Gasteiger partial charge in [-0.05, 0) is 12.5 Å². The van der Waals surface area contributed by atoms with Crippen LogP contribution >= 0.6 is 0 Å². The van der Waals surface area contributed by atoms with Crippen molar-refractivity contribution in [2.24, 2.45) is 0 Å². The molecule has 0 aliphatic carbocycles. The van der Waals surface area contributed by atoms with Gasteiger partial charge in [0.1, 0.15) is 5.54 Å². The van der Waals surface area contributed by atoms with Crippen molar-refractivity contribution >= 4 is 5.97 Å². The number of benzene rings is 1. The first-order valence-electron chi connectivity index (χ1n) is 6.13. The van der Waals surface area contributed by atoms with Crippen LogP contribution in [0.2, 0.25) is 0 Å². The Morgan fingerprint density at radius 3 is 2.83 bits per heavy atom. The summed E-state index contributed by atoms with van der Waals surface area (Å²) in [5.74, 6) is -0.228. The van der Waals surface area contributed by atoms with Crippen LogP contribution in [-0.2, 0) is 20.9 Å². The van der Waals surface area contributed by atoms with E-state index >= 15 is 0 Å². The molecule has 2 atom stereocenters. The summed E-state index contributed by atoms with van der Waals surface area (Å²) >= 11 is 0. The van der Waals surface area contributed by atoms with Crippen LogP contribution in [0.25, 0.3) is 0 Å². The van der Waals surface area contributed by atoms with Crippen molar-refractivity contribution in [1.82, 2.24) is 5.32 Å². The van der Waals surface area contributed by atoms with Crippen molar-refractivity contribution < 1.29 is 14.3 Å². The first-order chi connectivity index (χ1) is 8.64. The van der Waals surface area contributed by atoms with E-state index in [-0.39, 0.29) is 12.1 Å². The lowest BCUT2D eigenvalue weighted by molar-refractivity contribution is -0.147. The fraction of sp³-hybridized carbons (Fsp3) is 0.500. The summed E-state index contributed by atoms with van der Waals surface area (Å²) in [5.41, 5.74) is 0.528. The number of rotatable bonds is 4. The third kappa shape index (κ3) is 2.89. The highest BCUT2D eigenvalue weighted by atomic mass is 16.5. The quantitative estimate of drug-likeness (QED) is 0.821. The van der Waals surface area contributed by atoms with Gasteiger partial charge in [-0.3, -0.25) is 10.1 Å². The summed E-state index contributed by atoms with van der Waals surface area (Å²) in [6, 6.07) is 10.0. The first-order valence-corrected chi connectivity index (χ1v) is 6.13. The molecule has 2 rings (SSSR count). The number of hydrogen-bond donors (Lipinski definition) is 1. The maximum atomic E-state index is 11.6. The molecule has 0 aromatic heterocycles. The van der Waals surface area contributed by atoms with Crippen molar-refractivity contribution in [3.8, 4) is 0 Å². The predicted octanol–water partition coefficient (Wildman–Crippen LogP) is 1.50. The van der Waals surface area contributed by atoms with Crippen LogP contribution in [0.3, 0.4) is 0 Å². The van der Waals surface area contributed by atoms with E-state index in [1.165, 1.54) is 7.11 Å². The van der Waals surface area contributed by atoms with Gasteiger partial charge in [0.2, 0.25) is 0 Å². The summed E-state index contributed by atoms with van der Waals surface area (Å²) in [6.45, 7) is 3.10. The van der Waals surface area contributed by atoms with Crippen LogP contribution in [0.15, 0.2) is 30.3 Å². The maximum Gasteiger partial charge on any atom is 0.325 e. The van der Waals surface area contributed by atoms with E-state index in [1.54, 1.807) is 0 Å². The normalized spacial score (nSPS) is 27.1. The molecule has 1 aromatic carbocycles. The van der Waals surface area contributed by atoms with Gasteiger partial charge in [0, 0.05) is 13.0 Å². The monoisotopic (exact) mass is 249 g/mol. The van der Waals surface area contributed by atoms with Gasteiger partial charge in [0.05, 0.1) is 19.8 Å². The zero-order chi connectivity index (χ0) is 13.0. The molecule has 1 aliphatic heterocycles. The molecule has 0 unspecified atom stereocenters. The Bertz CT molecular complexity index is 407. The van der Waals surface area contributed by atoms with Gasteiger partial charge < -0.3 is 9.47 Å². The van der Waals surface area contributed by atoms with Crippen molar-refractivity contribution in [2.75, 3.05) is 13.7 Å². The van der Waals surface area contributed by atoms with E-state index in [0.29, 0.717) is 19.6 Å². The van der Waals surface area contributed by atoms with Crippen LogP contribution < -0.4 is 5.32 Å². The Kier molecular flexibility index (Phi) is 3.99. The number of nitrogens with one attached hydrogen (secondary N) is 1. The molecule has 1 saturated heterocycles. The van der Waals surface area contributed by atoms with Crippen molar-refractivity contribution in [3.05, 3.63) is 35.9 Å². The van der Waals surface area contributed by atoms with Crippen molar-refractivity contribution in [2.45, 2.75) is 31.6 Å². The number of esters is 1. The number of ether oxygens (including phenoxy) is 2. The lowest BCUT2D eigenvalue weighted by Crippen LogP contribution is -2.45. The van der Waals surface area contributed by atoms with Gasteiger partial charge in [-0.1, -0.05) is 30.3 Å². The van der Waals surface area contributed by atoms with Gasteiger partial charge in [0.15, 0.2) is 0 Å². The molecule has 0 amide bonds. The summed E-state index contributed by atoms with van der Waals surface area (Å²) in [6.07, 6.45) is 0.696. The van der Waals surface area contributed by atoms with Gasteiger partial charge in [-0.25, -0.2) is 0 Å². The van der Waals surface area contributed by atoms with Crippen LogP contribution in [-0.4, -0.2) is 31.3 Å². The molecule has 1 aromatic rings. The van der Waals surface area contributed by atoms with E-state index in [4.69, 9.17) is 9.47 Å². The highest BCUT2D eigenvalue weighted by Crippen LogP contribution is 2.23. The van der Waals surface area contributed by atoms with Gasteiger partial charge in [0.25, 0.3) is 0 Å². The Morgan fingerprint density at radius 2 is 2.17 bits per heavy atom. The molecular weight excluding hydrogens is 230 g/mol.